The van der Waals surface area contributed by atoms with Crippen LogP contribution in [-0.4, -0.2) is 88.5 Å². The highest BCUT2D eigenvalue weighted by Crippen LogP contribution is 2.68. The summed E-state index contributed by atoms with van der Waals surface area (Å²) in [4.78, 5) is 22.3. The van der Waals surface area contributed by atoms with Gasteiger partial charge in [0.15, 0.2) is 0 Å². The Hall–Kier alpha value is -1.35. The van der Waals surface area contributed by atoms with Gasteiger partial charge in [-0.15, -0.1) is 0 Å². The molecule has 0 heterocycles. The van der Waals surface area contributed by atoms with Crippen molar-refractivity contribution in [3.63, 3.8) is 0 Å². The SMILES string of the molecule is C[C@H](CCC(=O)NCCS(=O)(=O)O)[C@H]1CC[C@H]2[C@@H]3[C@H](O)C[C@@H]4C[C@H](O)CC[C@]4(C)[C@H]3C[C@H](O)[C@]12C.NCCCCC(N)C(=O)O. The van der Waals surface area contributed by atoms with Gasteiger partial charge in [0, 0.05) is 13.0 Å². The number of hydrogen-bond acceptors (Lipinski definition) is 9. The van der Waals surface area contributed by atoms with Crippen molar-refractivity contribution in [3.05, 3.63) is 0 Å². The van der Waals surface area contributed by atoms with Gasteiger partial charge < -0.3 is 37.2 Å². The average molecular weight is 662 g/mol. The number of aliphatic carboxylic acids is 1. The lowest BCUT2D eigenvalue weighted by molar-refractivity contribution is -0.207. The quantitative estimate of drug-likeness (QED) is 0.111. The second kappa shape index (κ2) is 15.7. The molecule has 12 atom stereocenters. The molecule has 0 aromatic heterocycles. The van der Waals surface area contributed by atoms with Crippen LogP contribution in [0.5, 0.6) is 0 Å². The number of carbonyl (C=O) groups excluding carboxylic acids is 1. The lowest BCUT2D eigenvalue weighted by Crippen LogP contribution is -2.62. The van der Waals surface area contributed by atoms with E-state index in [-0.39, 0.29) is 65.4 Å². The van der Waals surface area contributed by atoms with Crippen molar-refractivity contribution in [3.8, 4) is 0 Å². The number of carboxylic acids is 1. The molecule has 0 aliphatic heterocycles. The topological polar surface area (TPSA) is 234 Å². The van der Waals surface area contributed by atoms with Crippen LogP contribution in [0.3, 0.4) is 0 Å². The molecule has 45 heavy (non-hydrogen) atoms. The highest BCUT2D eigenvalue weighted by Gasteiger charge is 2.65. The number of aliphatic hydroxyl groups is 3. The summed E-state index contributed by atoms with van der Waals surface area (Å²) in [6.45, 7) is 7.17. The van der Waals surface area contributed by atoms with E-state index in [0.717, 1.165) is 51.4 Å². The summed E-state index contributed by atoms with van der Waals surface area (Å²) in [5, 5.41) is 44.1. The molecule has 12 nitrogen and oxygen atoms in total. The maximum absolute atomic E-state index is 12.2. The molecule has 0 radical (unpaired) electrons. The number of fused-ring (bicyclic) bond motifs is 5. The van der Waals surface area contributed by atoms with Crippen molar-refractivity contribution in [2.75, 3.05) is 18.8 Å². The van der Waals surface area contributed by atoms with Gasteiger partial charge in [0.2, 0.25) is 5.91 Å². The number of amides is 1. The van der Waals surface area contributed by atoms with Crippen molar-refractivity contribution >= 4 is 22.0 Å². The van der Waals surface area contributed by atoms with Crippen molar-refractivity contribution in [2.45, 2.75) is 122 Å². The Kier molecular flexibility index (Phi) is 13.3. The Morgan fingerprint density at radius 1 is 1.00 bits per heavy atom. The molecule has 0 spiro atoms. The molecule has 4 aliphatic carbocycles. The molecule has 4 rings (SSSR count). The Balaban J connectivity index is 0.000000477. The standard InChI is InChI=1S/C26H45NO7S.C6H14N2O2/c1-15(4-7-23(31)27-10-11-35(32,33)34)18-5-6-19-24-20(14-22(30)26(18,19)3)25(2)9-8-17(28)12-16(25)13-21(24)29;7-4-2-1-3-5(8)6(9)10/h15-22,24,28-30H,4-14H2,1-3H3,(H,27,31)(H,32,33,34);5H,1-4,7-8H2,(H,9,10)/t15-,16+,17-,18-,19+,20+,21-,22+,24+,25+,26-;/m1./s1. The monoisotopic (exact) mass is 661 g/mol. The fourth-order valence-electron chi connectivity index (χ4n) is 9.73. The molecule has 4 saturated carbocycles. The summed E-state index contributed by atoms with van der Waals surface area (Å²) in [5.74, 6) is -0.228. The Labute approximate surface area is 268 Å². The van der Waals surface area contributed by atoms with E-state index in [1.165, 1.54) is 0 Å². The number of hydrogen-bond donors (Lipinski definition) is 8. The van der Waals surface area contributed by atoms with E-state index >= 15 is 0 Å². The molecule has 0 aromatic carbocycles. The first kappa shape index (κ1) is 38.1. The summed E-state index contributed by atoms with van der Waals surface area (Å²) in [6, 6.07) is -0.716. The summed E-state index contributed by atoms with van der Waals surface area (Å²) in [7, 11) is -4.10. The van der Waals surface area contributed by atoms with E-state index < -0.39 is 40.1 Å². The fourth-order valence-corrected chi connectivity index (χ4v) is 10.1. The van der Waals surface area contributed by atoms with Gasteiger partial charge in [-0.25, -0.2) is 0 Å². The van der Waals surface area contributed by atoms with Crippen LogP contribution in [0, 0.1) is 46.3 Å². The van der Waals surface area contributed by atoms with Crippen molar-refractivity contribution in [2.24, 2.45) is 57.8 Å². The van der Waals surface area contributed by atoms with Gasteiger partial charge in [-0.05, 0) is 117 Å². The lowest BCUT2D eigenvalue weighted by Gasteiger charge is -2.63. The average Bonchev–Trinajstić information content (AvgIpc) is 3.31. The second-order valence-corrected chi connectivity index (χ2v) is 16.5. The molecule has 0 bridgehead atoms. The molecule has 4 aliphatic rings. The number of carboxylic acid groups (broad SMARTS) is 1. The third-order valence-corrected chi connectivity index (χ3v) is 13.0. The minimum Gasteiger partial charge on any atom is -0.480 e. The minimum atomic E-state index is -4.10. The van der Waals surface area contributed by atoms with Gasteiger partial charge in [-0.2, -0.15) is 8.42 Å². The zero-order valence-electron chi connectivity index (χ0n) is 27.3. The first-order chi connectivity index (χ1) is 21.0. The van der Waals surface area contributed by atoms with Crippen molar-refractivity contribution in [1.29, 1.82) is 0 Å². The zero-order valence-corrected chi connectivity index (χ0v) is 28.1. The molecule has 0 saturated heterocycles. The smallest absolute Gasteiger partial charge is 0.320 e. The highest BCUT2D eigenvalue weighted by molar-refractivity contribution is 7.85. The lowest BCUT2D eigenvalue weighted by atomic mass is 9.43. The molecule has 262 valence electrons. The third kappa shape index (κ3) is 8.97. The van der Waals surface area contributed by atoms with E-state index in [4.69, 9.17) is 21.1 Å². The van der Waals surface area contributed by atoms with Crippen LogP contribution < -0.4 is 16.8 Å². The number of nitrogens with two attached hydrogens (primary N) is 2. The van der Waals surface area contributed by atoms with Gasteiger partial charge in [0.25, 0.3) is 10.1 Å². The number of aliphatic hydroxyl groups excluding tert-OH is 3. The Morgan fingerprint density at radius 3 is 2.31 bits per heavy atom. The van der Waals surface area contributed by atoms with Crippen LogP contribution in [0.1, 0.15) is 97.8 Å². The Morgan fingerprint density at radius 2 is 1.69 bits per heavy atom. The largest absolute Gasteiger partial charge is 0.480 e. The number of carbonyl (C=O) groups is 2. The molecular weight excluding hydrogens is 602 g/mol. The first-order valence-corrected chi connectivity index (χ1v) is 18.5. The van der Waals surface area contributed by atoms with Gasteiger partial charge >= 0.3 is 5.97 Å². The van der Waals surface area contributed by atoms with Gasteiger partial charge in [-0.3, -0.25) is 14.1 Å². The van der Waals surface area contributed by atoms with E-state index in [1.54, 1.807) is 0 Å². The summed E-state index contributed by atoms with van der Waals surface area (Å²) >= 11 is 0. The second-order valence-electron chi connectivity index (χ2n) is 14.9. The molecule has 4 fully saturated rings. The molecule has 1 unspecified atom stereocenters. The Bertz CT molecular complexity index is 1110. The van der Waals surface area contributed by atoms with E-state index in [2.05, 4.69) is 26.1 Å². The van der Waals surface area contributed by atoms with E-state index in [9.17, 15) is 33.3 Å². The molecule has 13 heteroatoms. The van der Waals surface area contributed by atoms with E-state index in [1.807, 2.05) is 0 Å². The van der Waals surface area contributed by atoms with Gasteiger partial charge in [-0.1, -0.05) is 27.2 Å². The van der Waals surface area contributed by atoms with Crippen LogP contribution in [0.4, 0.5) is 0 Å². The highest BCUT2D eigenvalue weighted by atomic mass is 32.2. The van der Waals surface area contributed by atoms with Crippen molar-refractivity contribution in [1.82, 2.24) is 5.32 Å². The summed E-state index contributed by atoms with van der Waals surface area (Å²) in [5.41, 5.74) is 10.2. The van der Waals surface area contributed by atoms with E-state index in [0.29, 0.717) is 31.7 Å². The number of rotatable bonds is 12. The molecule has 10 N–H and O–H groups in total. The fraction of sp³-hybridized carbons (Fsp3) is 0.938. The predicted octanol–water partition coefficient (Wildman–Crippen LogP) is 1.90. The normalized spacial score (nSPS) is 38.9. The zero-order chi connectivity index (χ0) is 33.7. The maximum Gasteiger partial charge on any atom is 0.320 e. The molecule has 0 aromatic rings. The maximum atomic E-state index is 12.2. The van der Waals surface area contributed by atoms with Gasteiger partial charge in [0.1, 0.15) is 6.04 Å². The van der Waals surface area contributed by atoms with Crippen LogP contribution >= 0.6 is 0 Å². The third-order valence-electron chi connectivity index (χ3n) is 12.3. The van der Waals surface area contributed by atoms with Crippen molar-refractivity contribution < 1.29 is 43.0 Å². The predicted molar refractivity (Wildman–Crippen MR) is 170 cm³/mol. The van der Waals surface area contributed by atoms with Gasteiger partial charge in [0.05, 0.1) is 24.1 Å². The van der Waals surface area contributed by atoms with Crippen LogP contribution in [0.2, 0.25) is 0 Å². The summed E-state index contributed by atoms with van der Waals surface area (Å²) < 4.78 is 30.5. The molecular formula is C32H59N3O9S. The number of nitrogens with one attached hydrogen (secondary N) is 1. The number of unbranched alkanes of at least 4 members (excludes halogenated alkanes) is 1. The summed E-state index contributed by atoms with van der Waals surface area (Å²) in [6.07, 6.45) is 7.83. The molecule has 1 amide bonds. The van der Waals surface area contributed by atoms with Crippen LogP contribution in [0.15, 0.2) is 0 Å². The minimum absolute atomic E-state index is 0.0509. The first-order valence-electron chi connectivity index (χ1n) is 16.9. The van der Waals surface area contributed by atoms with Crippen LogP contribution in [-0.2, 0) is 19.7 Å². The van der Waals surface area contributed by atoms with Crippen LogP contribution in [0.25, 0.3) is 0 Å².